The molecule has 0 spiro atoms. The maximum Gasteiger partial charge on any atom is 0.186 e. The Morgan fingerprint density at radius 2 is 1.44 bits per heavy atom. The summed E-state index contributed by atoms with van der Waals surface area (Å²) in [6.45, 7) is 16.9. The lowest BCUT2D eigenvalue weighted by Gasteiger charge is -2.42. The van der Waals surface area contributed by atoms with Gasteiger partial charge in [0.25, 0.3) is 0 Å². The van der Waals surface area contributed by atoms with Crippen LogP contribution in [0.15, 0.2) is 48.7 Å². The summed E-state index contributed by atoms with van der Waals surface area (Å²) < 4.78 is 16.7. The van der Waals surface area contributed by atoms with Gasteiger partial charge in [-0.15, -0.1) is 0 Å². The molecule has 27 heavy (non-hydrogen) atoms. The molecule has 144 valence electrons. The minimum absolute atomic E-state index is 0.340. The third-order valence-corrected chi connectivity index (χ3v) is 10.2. The number of benzene rings is 2. The average molecular weight is 382 g/mol. The van der Waals surface area contributed by atoms with Crippen molar-refractivity contribution in [2.45, 2.75) is 65.7 Å². The first-order valence-electron chi connectivity index (χ1n) is 9.67. The van der Waals surface area contributed by atoms with Gasteiger partial charge in [-0.3, -0.25) is 8.90 Å². The van der Waals surface area contributed by atoms with E-state index in [1.807, 2.05) is 6.20 Å². The average Bonchev–Trinajstić information content (AvgIpc) is 2.99. The zero-order chi connectivity index (χ0) is 20.2. The van der Waals surface area contributed by atoms with Crippen LogP contribution < -0.4 is 0 Å². The van der Waals surface area contributed by atoms with Crippen LogP contribution in [-0.2, 0) is 4.57 Å². The van der Waals surface area contributed by atoms with Gasteiger partial charge in [0.2, 0.25) is 0 Å². The molecule has 0 saturated heterocycles. The molecule has 1 heterocycles. The third-order valence-electron chi connectivity index (χ3n) is 5.63. The molecule has 0 atom stereocenters. The minimum Gasteiger partial charge on any atom is -0.299 e. The van der Waals surface area contributed by atoms with E-state index in [1.54, 1.807) is 0 Å². The van der Waals surface area contributed by atoms with Gasteiger partial charge in [0.15, 0.2) is 7.29 Å². The van der Waals surface area contributed by atoms with Crippen molar-refractivity contribution in [2.24, 2.45) is 0 Å². The van der Waals surface area contributed by atoms with Crippen molar-refractivity contribution in [2.75, 3.05) is 0 Å². The molecule has 0 N–H and O–H groups in total. The van der Waals surface area contributed by atoms with E-state index in [2.05, 4.69) is 102 Å². The molecule has 0 fully saturated rings. The molecule has 0 unspecified atom stereocenters. The van der Waals surface area contributed by atoms with Gasteiger partial charge < -0.3 is 0 Å². The maximum atomic E-state index is 14.6. The van der Waals surface area contributed by atoms with Gasteiger partial charge in [-0.25, -0.2) is 0 Å². The lowest BCUT2D eigenvalue weighted by molar-refractivity contribution is 0.510. The molecular weight excluding hydrogens is 349 g/mol. The number of aryl methyl sites for hydroxylation is 2. The van der Waals surface area contributed by atoms with Crippen molar-refractivity contribution in [1.82, 2.24) is 4.34 Å². The fourth-order valence-corrected chi connectivity index (χ4v) is 8.27. The molecule has 0 saturated carbocycles. The molecule has 2 aromatic carbocycles. The highest BCUT2D eigenvalue weighted by molar-refractivity contribution is 7.65. The third kappa shape index (κ3) is 3.09. The molecule has 0 radical (unpaired) electrons. The summed E-state index contributed by atoms with van der Waals surface area (Å²) in [4.78, 5) is 0. The van der Waals surface area contributed by atoms with Crippen molar-refractivity contribution in [3.8, 4) is 11.1 Å². The fraction of sp³-hybridized carbons (Fsp3) is 0.417. The molecule has 0 amide bonds. The van der Waals surface area contributed by atoms with Crippen LogP contribution in [0.25, 0.3) is 22.0 Å². The topological polar surface area (TPSA) is 22.0 Å². The monoisotopic (exact) mass is 381 g/mol. The van der Waals surface area contributed by atoms with Crippen LogP contribution in [0.4, 0.5) is 0 Å². The zero-order valence-corrected chi connectivity index (χ0v) is 18.8. The van der Waals surface area contributed by atoms with Gasteiger partial charge in [-0.1, -0.05) is 77.9 Å². The number of hydrogen-bond acceptors (Lipinski definition) is 1. The highest BCUT2D eigenvalue weighted by Gasteiger charge is 2.48. The van der Waals surface area contributed by atoms with Crippen molar-refractivity contribution in [3.05, 3.63) is 59.8 Å². The van der Waals surface area contributed by atoms with E-state index in [-0.39, 0.29) is 10.3 Å². The number of para-hydroxylation sites is 1. The van der Waals surface area contributed by atoms with Crippen molar-refractivity contribution in [1.29, 1.82) is 0 Å². The molecule has 2 nitrogen and oxygen atoms in total. The van der Waals surface area contributed by atoms with E-state index < -0.39 is 7.29 Å². The first kappa shape index (κ1) is 20.0. The summed E-state index contributed by atoms with van der Waals surface area (Å²) >= 11 is 0. The van der Waals surface area contributed by atoms with E-state index in [0.29, 0.717) is 0 Å². The Bertz CT molecular complexity index is 1030. The molecule has 0 aliphatic carbocycles. The lowest BCUT2D eigenvalue weighted by Crippen LogP contribution is -2.32. The van der Waals surface area contributed by atoms with Gasteiger partial charge in [-0.2, -0.15) is 0 Å². The Hall–Kier alpha value is -1.79. The number of nitrogens with zero attached hydrogens (tertiary/aromatic N) is 1. The van der Waals surface area contributed by atoms with E-state index >= 15 is 0 Å². The van der Waals surface area contributed by atoms with Crippen molar-refractivity contribution < 1.29 is 4.57 Å². The second-order valence-corrected chi connectivity index (χ2v) is 13.9. The Balaban J connectivity index is 2.40. The van der Waals surface area contributed by atoms with E-state index in [9.17, 15) is 4.57 Å². The normalized spacial score (nSPS) is 13.3. The van der Waals surface area contributed by atoms with Crippen LogP contribution in [0.1, 0.15) is 52.7 Å². The zero-order valence-electron chi connectivity index (χ0n) is 17.9. The smallest absolute Gasteiger partial charge is 0.186 e. The summed E-state index contributed by atoms with van der Waals surface area (Å²) in [6, 6.07) is 15.0. The summed E-state index contributed by atoms with van der Waals surface area (Å²) in [5.41, 5.74) is 5.97. The van der Waals surface area contributed by atoms with Crippen LogP contribution in [0.2, 0.25) is 0 Å². The molecule has 0 bridgehead atoms. The van der Waals surface area contributed by atoms with Gasteiger partial charge in [0.1, 0.15) is 0 Å². The Labute approximate surface area is 164 Å². The lowest BCUT2D eigenvalue weighted by atomic mass is 9.99. The summed E-state index contributed by atoms with van der Waals surface area (Å²) in [7, 11) is -2.79. The summed E-state index contributed by atoms with van der Waals surface area (Å²) in [6.07, 6.45) is 2.03. The van der Waals surface area contributed by atoms with Gasteiger partial charge in [0, 0.05) is 27.5 Å². The predicted molar refractivity (Wildman–Crippen MR) is 119 cm³/mol. The predicted octanol–water partition coefficient (Wildman–Crippen LogP) is 7.65. The second kappa shape index (κ2) is 6.38. The SMILES string of the molecule is Cc1ccc(-c2cccc3ccn(P(=O)(C(C)(C)C)C(C)(C)C)c23)cc1C. The standard InChI is InChI=1S/C24H32NOP/c1-17-12-13-20(16-18(17)2)21-11-9-10-19-14-15-25(22(19)21)27(26,23(3,4)5)24(6,7)8/h9-16H,1-8H3. The van der Waals surface area contributed by atoms with Crippen LogP contribution >= 0.6 is 7.29 Å². The summed E-state index contributed by atoms with van der Waals surface area (Å²) in [5, 5.41) is 0.459. The van der Waals surface area contributed by atoms with E-state index in [0.717, 1.165) is 16.5 Å². The molecule has 1 aromatic heterocycles. The Kier molecular flexibility index (Phi) is 4.72. The number of rotatable bonds is 2. The first-order valence-corrected chi connectivity index (χ1v) is 11.3. The minimum atomic E-state index is -2.79. The molecule has 3 heteroatoms. The van der Waals surface area contributed by atoms with E-state index in [4.69, 9.17) is 0 Å². The highest BCUT2D eigenvalue weighted by Crippen LogP contribution is 2.68. The number of hydrogen-bond donors (Lipinski definition) is 0. The van der Waals surface area contributed by atoms with Gasteiger partial charge in [0.05, 0.1) is 5.52 Å². The van der Waals surface area contributed by atoms with Crippen LogP contribution in [0.5, 0.6) is 0 Å². The Morgan fingerprint density at radius 3 is 2.00 bits per heavy atom. The highest BCUT2D eigenvalue weighted by atomic mass is 31.2. The second-order valence-electron chi connectivity index (χ2n) is 9.62. The van der Waals surface area contributed by atoms with Crippen LogP contribution in [-0.4, -0.2) is 14.6 Å². The molecule has 0 aliphatic heterocycles. The largest absolute Gasteiger partial charge is 0.299 e. The summed E-state index contributed by atoms with van der Waals surface area (Å²) in [5.74, 6) is 0. The molecule has 3 aromatic rings. The molecular formula is C24H32NOP. The fourth-order valence-electron chi connectivity index (χ4n) is 4.21. The van der Waals surface area contributed by atoms with Crippen LogP contribution in [0.3, 0.4) is 0 Å². The van der Waals surface area contributed by atoms with Gasteiger partial charge in [-0.05, 0) is 36.6 Å². The van der Waals surface area contributed by atoms with Crippen LogP contribution in [0, 0.1) is 13.8 Å². The van der Waals surface area contributed by atoms with Crippen molar-refractivity contribution in [3.63, 3.8) is 0 Å². The number of aromatic nitrogens is 1. The Morgan fingerprint density at radius 1 is 0.815 bits per heavy atom. The quantitative estimate of drug-likeness (QED) is 0.418. The first-order chi connectivity index (χ1) is 12.4. The van der Waals surface area contributed by atoms with Crippen molar-refractivity contribution >= 4 is 18.2 Å². The molecule has 3 rings (SSSR count). The van der Waals surface area contributed by atoms with E-state index in [1.165, 1.54) is 16.7 Å². The maximum absolute atomic E-state index is 14.6. The molecule has 0 aliphatic rings. The number of fused-ring (bicyclic) bond motifs is 1. The van der Waals surface area contributed by atoms with Gasteiger partial charge >= 0.3 is 0 Å².